The number of carbonyl (C=O) groups excluding carboxylic acids is 4. The number of piperidine rings is 2. The van der Waals surface area contributed by atoms with Crippen LogP contribution in [-0.2, 0) is 25.4 Å². The van der Waals surface area contributed by atoms with E-state index in [1.54, 1.807) is 14.7 Å². The Morgan fingerprint density at radius 2 is 1.22 bits per heavy atom. The minimum Gasteiger partial charge on any atom is -0.444 e. The maximum Gasteiger partial charge on any atom is 1.00 e. The van der Waals surface area contributed by atoms with Crippen LogP contribution in [0.3, 0.4) is 0 Å². The number of likely N-dealkylation sites (tertiary alicyclic amines) is 2. The Balaban J connectivity index is 0.000000345. The van der Waals surface area contributed by atoms with Gasteiger partial charge in [0.1, 0.15) is 17.0 Å². The molecular weight excluding hydrogens is 899 g/mol. The van der Waals surface area contributed by atoms with Crippen LogP contribution in [0.4, 0.5) is 20.1 Å². The SMILES string of the molecule is C1CCOC1.CC(C)(C)OC(=O)N1CCC(CO)(CC(=O)Cc2ccc(Br)cc2)CC1.CC(C)(C)OC(=O)N1CCC2(CC1)CN(c1ccc(Br)cc1)C(=O)N2.[CH3-].[K+]. The number of hydrogen-bond acceptors (Lipinski definition) is 8. The third-order valence-corrected chi connectivity index (χ3v) is 11.2. The number of rotatable bonds is 6. The predicted molar refractivity (Wildman–Crippen MR) is 230 cm³/mol. The topological polar surface area (TPSA) is 138 Å². The van der Waals surface area contributed by atoms with Crippen LogP contribution in [0.15, 0.2) is 57.5 Å². The van der Waals surface area contributed by atoms with Gasteiger partial charge in [0.25, 0.3) is 0 Å². The number of Topliss-reactive ketones (excluding diaryl/α,β-unsaturated/α-hetero) is 1. The zero-order valence-corrected chi connectivity index (χ0v) is 42.1. The molecule has 0 aromatic heterocycles. The molecule has 4 amide bonds. The average Bonchev–Trinajstić information content (AvgIpc) is 3.81. The monoisotopic (exact) mass is 960 g/mol. The molecule has 15 heteroatoms. The Morgan fingerprint density at radius 1 is 0.776 bits per heavy atom. The van der Waals surface area contributed by atoms with Crippen molar-refractivity contribution in [2.24, 2.45) is 5.41 Å². The smallest absolute Gasteiger partial charge is 0.444 e. The summed E-state index contributed by atoms with van der Waals surface area (Å²) in [6.07, 6.45) is 5.31. The summed E-state index contributed by atoms with van der Waals surface area (Å²) in [7, 11) is 0. The first-order chi connectivity index (χ1) is 26.3. The van der Waals surface area contributed by atoms with Crippen molar-refractivity contribution in [2.45, 2.75) is 110 Å². The normalized spacial score (nSPS) is 18.3. The maximum absolute atomic E-state index is 12.5. The summed E-state index contributed by atoms with van der Waals surface area (Å²) >= 11 is 6.80. The standard InChI is InChI=1S/C20H28BrNO4.C18H24BrN3O3.C4H8O.CH3.K/c1-19(2,3)26-18(25)22-10-8-20(14-23,9-11-22)13-17(24)12-15-4-6-16(21)7-5-15;1-17(2,3)25-16(24)21-10-8-18(9-11-21)12-22(15(23)20-18)14-6-4-13(19)5-7-14;1-2-4-5-3-1;;/h4-7,23H,8-14H2,1-3H3;4-7H,8-12H2,1-3H3,(H,20,23);1-4H2;1H3;/q;;;-1;+1. The van der Waals surface area contributed by atoms with Crippen molar-refractivity contribution in [3.05, 3.63) is 70.5 Å². The fourth-order valence-electron chi connectivity index (χ4n) is 6.97. The fraction of sp³-hybridized carbons (Fsp3) is 0.605. The Bertz CT molecular complexity index is 1610. The molecule has 4 heterocycles. The zero-order valence-electron chi connectivity index (χ0n) is 35.8. The predicted octanol–water partition coefficient (Wildman–Crippen LogP) is 5.96. The Hall–Kier alpha value is -1.56. The zero-order chi connectivity index (χ0) is 41.1. The van der Waals surface area contributed by atoms with Gasteiger partial charge in [0.15, 0.2) is 0 Å². The molecule has 0 radical (unpaired) electrons. The van der Waals surface area contributed by atoms with Crippen molar-refractivity contribution < 1.29 is 89.9 Å². The number of amides is 4. The van der Waals surface area contributed by atoms with Crippen molar-refractivity contribution in [1.82, 2.24) is 15.1 Å². The number of nitrogens with zero attached hydrogens (tertiary/aromatic N) is 3. The van der Waals surface area contributed by atoms with Gasteiger partial charge in [-0.1, -0.05) is 44.0 Å². The van der Waals surface area contributed by atoms with Crippen LogP contribution < -0.4 is 61.6 Å². The number of aliphatic hydroxyl groups excluding tert-OH is 1. The summed E-state index contributed by atoms with van der Waals surface area (Å²) in [5.74, 6) is 0.118. The van der Waals surface area contributed by atoms with E-state index in [2.05, 4.69) is 37.2 Å². The number of ether oxygens (including phenoxy) is 3. The molecule has 0 unspecified atom stereocenters. The van der Waals surface area contributed by atoms with E-state index in [0.717, 1.165) is 46.3 Å². The summed E-state index contributed by atoms with van der Waals surface area (Å²) in [6.45, 7) is 15.9. The van der Waals surface area contributed by atoms with E-state index < -0.39 is 16.6 Å². The van der Waals surface area contributed by atoms with Crippen LogP contribution >= 0.6 is 31.9 Å². The van der Waals surface area contributed by atoms with Gasteiger partial charge in [0.05, 0.1) is 12.1 Å². The van der Waals surface area contributed by atoms with Crippen LogP contribution in [0, 0.1) is 12.8 Å². The molecule has 2 aromatic rings. The van der Waals surface area contributed by atoms with Crippen molar-refractivity contribution in [3.63, 3.8) is 0 Å². The number of halogens is 2. The van der Waals surface area contributed by atoms with E-state index in [0.29, 0.717) is 58.4 Å². The van der Waals surface area contributed by atoms with Crippen molar-refractivity contribution in [1.29, 1.82) is 0 Å². The number of ketones is 1. The summed E-state index contributed by atoms with van der Waals surface area (Å²) in [5.41, 5.74) is 0.118. The minimum absolute atomic E-state index is 0. The summed E-state index contributed by atoms with van der Waals surface area (Å²) in [5, 5.41) is 13.0. The van der Waals surface area contributed by atoms with Crippen molar-refractivity contribution in [2.75, 3.05) is 57.4 Å². The van der Waals surface area contributed by atoms with E-state index in [-0.39, 0.29) is 95.0 Å². The molecule has 4 saturated heterocycles. The molecule has 1 spiro atoms. The molecule has 2 aromatic carbocycles. The van der Waals surface area contributed by atoms with Gasteiger partial charge in [-0.15, -0.1) is 0 Å². The van der Waals surface area contributed by atoms with Gasteiger partial charge in [-0.05, 0) is 122 Å². The summed E-state index contributed by atoms with van der Waals surface area (Å²) < 4.78 is 17.7. The van der Waals surface area contributed by atoms with Gasteiger partial charge in [0.2, 0.25) is 0 Å². The molecule has 6 rings (SSSR count). The van der Waals surface area contributed by atoms with E-state index in [9.17, 15) is 24.3 Å². The minimum atomic E-state index is -0.525. The first kappa shape index (κ1) is 52.6. The third kappa shape index (κ3) is 17.1. The molecule has 0 atom stereocenters. The fourth-order valence-corrected chi connectivity index (χ4v) is 7.50. The quantitative estimate of drug-likeness (QED) is 0.268. The van der Waals surface area contributed by atoms with Gasteiger partial charge in [-0.25, -0.2) is 14.4 Å². The molecule has 0 saturated carbocycles. The number of anilines is 1. The number of hydrogen-bond donors (Lipinski definition) is 2. The van der Waals surface area contributed by atoms with Crippen LogP contribution in [0.25, 0.3) is 0 Å². The van der Waals surface area contributed by atoms with Crippen LogP contribution in [0.5, 0.6) is 0 Å². The molecule has 4 aliphatic heterocycles. The molecule has 4 fully saturated rings. The summed E-state index contributed by atoms with van der Waals surface area (Å²) in [6, 6.07) is 15.3. The van der Waals surface area contributed by atoms with Crippen LogP contribution in [0.2, 0.25) is 0 Å². The third-order valence-electron chi connectivity index (χ3n) is 10.1. The molecule has 12 nitrogen and oxygen atoms in total. The van der Waals surface area contributed by atoms with Gasteiger partial charge < -0.3 is 41.9 Å². The van der Waals surface area contributed by atoms with E-state index >= 15 is 0 Å². The first-order valence-corrected chi connectivity index (χ1v) is 21.1. The maximum atomic E-state index is 12.5. The molecule has 4 aliphatic rings. The largest absolute Gasteiger partial charge is 1.00 e. The second kappa shape index (κ2) is 23.6. The van der Waals surface area contributed by atoms with E-state index in [1.807, 2.05) is 90.1 Å². The number of carbonyl (C=O) groups is 4. The van der Waals surface area contributed by atoms with Crippen LogP contribution in [-0.4, -0.2) is 108 Å². The van der Waals surface area contributed by atoms with Gasteiger partial charge in [-0.2, -0.15) is 0 Å². The summed E-state index contributed by atoms with van der Waals surface area (Å²) in [4.78, 5) is 54.5. The van der Waals surface area contributed by atoms with Gasteiger partial charge in [0, 0.05) is 78.9 Å². The van der Waals surface area contributed by atoms with E-state index in [1.165, 1.54) is 12.8 Å². The molecule has 0 aliphatic carbocycles. The molecule has 0 bridgehead atoms. The van der Waals surface area contributed by atoms with Crippen LogP contribution in [0.1, 0.15) is 92.1 Å². The average molecular weight is 963 g/mol. The van der Waals surface area contributed by atoms with E-state index in [4.69, 9.17) is 14.2 Å². The number of nitrogens with one attached hydrogen (secondary N) is 1. The first-order valence-electron chi connectivity index (χ1n) is 19.6. The molecule has 58 heavy (non-hydrogen) atoms. The number of benzene rings is 2. The van der Waals surface area contributed by atoms with Crippen molar-refractivity contribution >= 4 is 61.5 Å². The van der Waals surface area contributed by atoms with Gasteiger partial charge >= 0.3 is 69.6 Å². The molecule has 318 valence electrons. The Kier molecular flexibility index (Phi) is 21.4. The Morgan fingerprint density at radius 3 is 1.64 bits per heavy atom. The molecular formula is C43H63Br2KN4O8. The second-order valence-corrected chi connectivity index (χ2v) is 19.0. The Labute approximate surface area is 405 Å². The second-order valence-electron chi connectivity index (χ2n) is 17.2. The number of urea groups is 1. The molecule has 2 N–H and O–H groups in total. The van der Waals surface area contributed by atoms with Gasteiger partial charge in [-0.3, -0.25) is 9.69 Å². The van der Waals surface area contributed by atoms with Crippen molar-refractivity contribution in [3.8, 4) is 0 Å². The number of aliphatic hydroxyl groups is 1.